The average molecular weight is 411 g/mol. The first-order valence-corrected chi connectivity index (χ1v) is 7.80. The number of piperazine rings is 1. The second-order valence-corrected chi connectivity index (χ2v) is 6.12. The Morgan fingerprint density at radius 1 is 1.22 bits per heavy atom. The number of hydrogen-bond donors (Lipinski definition) is 1. The van der Waals surface area contributed by atoms with Crippen LogP contribution in [0.4, 0.5) is 18.9 Å². The molecule has 0 saturated carbocycles. The van der Waals surface area contributed by atoms with Crippen molar-refractivity contribution in [1.29, 1.82) is 0 Å². The molecule has 0 unspecified atom stereocenters. The highest BCUT2D eigenvalue weighted by molar-refractivity contribution is 9.10. The molecule has 0 aliphatic carbocycles. The number of aryl methyl sites for hydroxylation is 1. The minimum atomic E-state index is -4.35. The third-order valence-corrected chi connectivity index (χ3v) is 4.78. The van der Waals surface area contributed by atoms with Crippen molar-refractivity contribution in [3.8, 4) is 0 Å². The van der Waals surface area contributed by atoms with Gasteiger partial charge in [0.2, 0.25) is 0 Å². The molecule has 1 saturated heterocycles. The summed E-state index contributed by atoms with van der Waals surface area (Å²) in [6.45, 7) is 5.00. The van der Waals surface area contributed by atoms with Gasteiger partial charge in [-0.3, -0.25) is 4.98 Å². The first-order valence-electron chi connectivity index (χ1n) is 7.00. The maximum atomic E-state index is 13.0. The SMILES string of the molecule is Cc1nc2ccc(C(F)(F)F)cc2c(N2CCNCC2)c1Br.Cl. The number of halogens is 5. The average Bonchev–Trinajstić information content (AvgIpc) is 2.48. The predicted molar refractivity (Wildman–Crippen MR) is 91.5 cm³/mol. The number of nitrogens with zero attached hydrogens (tertiary/aromatic N) is 2. The second kappa shape index (κ2) is 6.83. The zero-order valence-corrected chi connectivity index (χ0v) is 14.8. The van der Waals surface area contributed by atoms with Crippen LogP contribution < -0.4 is 10.2 Å². The van der Waals surface area contributed by atoms with Gasteiger partial charge in [-0.25, -0.2) is 0 Å². The van der Waals surface area contributed by atoms with E-state index in [-0.39, 0.29) is 12.4 Å². The highest BCUT2D eigenvalue weighted by atomic mass is 79.9. The summed E-state index contributed by atoms with van der Waals surface area (Å²) in [5, 5.41) is 3.79. The summed E-state index contributed by atoms with van der Waals surface area (Å²) in [4.78, 5) is 6.51. The molecule has 126 valence electrons. The maximum absolute atomic E-state index is 13.0. The van der Waals surface area contributed by atoms with E-state index in [1.54, 1.807) is 0 Å². The zero-order valence-electron chi connectivity index (χ0n) is 12.4. The van der Waals surface area contributed by atoms with Crippen molar-refractivity contribution in [2.75, 3.05) is 31.1 Å². The van der Waals surface area contributed by atoms with Crippen LogP contribution in [0.15, 0.2) is 22.7 Å². The Morgan fingerprint density at radius 2 is 1.87 bits per heavy atom. The fraction of sp³-hybridized carbons (Fsp3) is 0.400. The monoisotopic (exact) mass is 409 g/mol. The fourth-order valence-corrected chi connectivity index (χ4v) is 3.27. The van der Waals surface area contributed by atoms with Gasteiger partial charge in [-0.2, -0.15) is 13.2 Å². The summed E-state index contributed by atoms with van der Waals surface area (Å²) >= 11 is 3.51. The first kappa shape index (κ1) is 18.3. The smallest absolute Gasteiger partial charge is 0.367 e. The first-order chi connectivity index (χ1) is 10.4. The van der Waals surface area contributed by atoms with Gasteiger partial charge >= 0.3 is 6.18 Å². The van der Waals surface area contributed by atoms with E-state index >= 15 is 0 Å². The summed E-state index contributed by atoms with van der Waals surface area (Å²) in [6, 6.07) is 3.73. The predicted octanol–water partition coefficient (Wildman–Crippen LogP) is 4.16. The molecule has 0 bridgehead atoms. The number of aromatic nitrogens is 1. The van der Waals surface area contributed by atoms with Crippen molar-refractivity contribution in [2.45, 2.75) is 13.1 Å². The summed E-state index contributed by atoms with van der Waals surface area (Å²) in [6.07, 6.45) is -4.35. The number of benzene rings is 1. The lowest BCUT2D eigenvalue weighted by Crippen LogP contribution is -2.43. The Morgan fingerprint density at radius 3 is 2.48 bits per heavy atom. The van der Waals surface area contributed by atoms with Gasteiger partial charge in [0.1, 0.15) is 0 Å². The van der Waals surface area contributed by atoms with E-state index in [1.807, 2.05) is 6.92 Å². The summed E-state index contributed by atoms with van der Waals surface area (Å²) in [7, 11) is 0. The van der Waals surface area contributed by atoms with Gasteiger partial charge in [0.05, 0.1) is 26.9 Å². The van der Waals surface area contributed by atoms with E-state index in [1.165, 1.54) is 12.1 Å². The number of rotatable bonds is 1. The molecule has 8 heteroatoms. The molecule has 3 rings (SSSR count). The van der Waals surface area contributed by atoms with Crippen LogP contribution in [-0.2, 0) is 6.18 Å². The number of pyridine rings is 1. The van der Waals surface area contributed by atoms with Crippen LogP contribution >= 0.6 is 28.3 Å². The molecule has 23 heavy (non-hydrogen) atoms. The van der Waals surface area contributed by atoms with Crippen molar-refractivity contribution in [3.63, 3.8) is 0 Å². The third-order valence-electron chi connectivity index (χ3n) is 3.83. The van der Waals surface area contributed by atoms with Gasteiger partial charge in [0.15, 0.2) is 0 Å². The van der Waals surface area contributed by atoms with Gasteiger partial charge in [0.25, 0.3) is 0 Å². The van der Waals surface area contributed by atoms with Gasteiger partial charge in [-0.05, 0) is 41.1 Å². The molecule has 2 aromatic rings. The molecule has 0 amide bonds. The minimum absolute atomic E-state index is 0. The van der Waals surface area contributed by atoms with Crippen LogP contribution in [0.5, 0.6) is 0 Å². The van der Waals surface area contributed by atoms with Crippen LogP contribution in [0, 0.1) is 6.92 Å². The van der Waals surface area contributed by atoms with Crippen molar-refractivity contribution >= 4 is 44.9 Å². The van der Waals surface area contributed by atoms with Gasteiger partial charge in [0, 0.05) is 31.6 Å². The summed E-state index contributed by atoms with van der Waals surface area (Å²) in [5.74, 6) is 0. The molecule has 1 aliphatic heterocycles. The highest BCUT2D eigenvalue weighted by Gasteiger charge is 2.31. The Kier molecular flexibility index (Phi) is 5.43. The topological polar surface area (TPSA) is 28.2 Å². The minimum Gasteiger partial charge on any atom is -0.367 e. The number of nitrogens with one attached hydrogen (secondary N) is 1. The van der Waals surface area contributed by atoms with E-state index in [0.717, 1.165) is 48.1 Å². The Bertz CT molecular complexity index is 715. The highest BCUT2D eigenvalue weighted by Crippen LogP contribution is 2.39. The van der Waals surface area contributed by atoms with E-state index < -0.39 is 11.7 Å². The standard InChI is InChI=1S/C15H15BrF3N3.ClH/c1-9-13(16)14(22-6-4-20-5-7-22)11-8-10(15(17,18)19)2-3-12(11)21-9;/h2-3,8,20H,4-7H2,1H3;1H. The largest absolute Gasteiger partial charge is 0.416 e. The van der Waals surface area contributed by atoms with Gasteiger partial charge in [-0.15, -0.1) is 12.4 Å². The molecule has 1 aromatic carbocycles. The number of fused-ring (bicyclic) bond motifs is 1. The van der Waals surface area contributed by atoms with Gasteiger partial charge < -0.3 is 10.2 Å². The lowest BCUT2D eigenvalue weighted by Gasteiger charge is -2.31. The van der Waals surface area contributed by atoms with Crippen molar-refractivity contribution < 1.29 is 13.2 Å². The summed E-state index contributed by atoms with van der Waals surface area (Å²) < 4.78 is 39.8. The van der Waals surface area contributed by atoms with Crippen LogP contribution in [0.2, 0.25) is 0 Å². The molecule has 0 atom stereocenters. The molecular formula is C15H16BrClF3N3. The number of hydrogen-bond acceptors (Lipinski definition) is 3. The van der Waals surface area contributed by atoms with Crippen LogP contribution in [0.3, 0.4) is 0 Å². The molecule has 0 spiro atoms. The summed E-state index contributed by atoms with van der Waals surface area (Å²) in [5.41, 5.74) is 1.52. The van der Waals surface area contributed by atoms with Crippen LogP contribution in [0.1, 0.15) is 11.3 Å². The van der Waals surface area contributed by atoms with Crippen molar-refractivity contribution in [3.05, 3.63) is 33.9 Å². The van der Waals surface area contributed by atoms with Gasteiger partial charge in [-0.1, -0.05) is 0 Å². The number of alkyl halides is 3. The van der Waals surface area contributed by atoms with E-state index in [2.05, 4.69) is 31.1 Å². The maximum Gasteiger partial charge on any atom is 0.416 e. The molecule has 3 nitrogen and oxygen atoms in total. The quantitative estimate of drug-likeness (QED) is 0.765. The normalized spacial score (nSPS) is 15.6. The molecule has 1 N–H and O–H groups in total. The Balaban J connectivity index is 0.00000192. The molecule has 1 aromatic heterocycles. The van der Waals surface area contributed by atoms with E-state index in [0.29, 0.717) is 10.9 Å². The molecule has 0 radical (unpaired) electrons. The van der Waals surface area contributed by atoms with Crippen LogP contribution in [-0.4, -0.2) is 31.2 Å². The zero-order chi connectivity index (χ0) is 15.9. The molecule has 1 aliphatic rings. The van der Waals surface area contributed by atoms with E-state index in [4.69, 9.17) is 0 Å². The van der Waals surface area contributed by atoms with Crippen LogP contribution in [0.25, 0.3) is 10.9 Å². The Hall–Kier alpha value is -1.05. The molecule has 2 heterocycles. The lowest BCUT2D eigenvalue weighted by molar-refractivity contribution is -0.137. The molecular weight excluding hydrogens is 395 g/mol. The lowest BCUT2D eigenvalue weighted by atomic mass is 10.1. The number of anilines is 1. The second-order valence-electron chi connectivity index (χ2n) is 5.33. The Labute approximate surface area is 146 Å². The molecule has 1 fully saturated rings. The van der Waals surface area contributed by atoms with Crippen molar-refractivity contribution in [2.24, 2.45) is 0 Å². The van der Waals surface area contributed by atoms with Crippen molar-refractivity contribution in [1.82, 2.24) is 10.3 Å². The van der Waals surface area contributed by atoms with E-state index in [9.17, 15) is 13.2 Å². The fourth-order valence-electron chi connectivity index (χ4n) is 2.72. The third kappa shape index (κ3) is 3.56.